The predicted octanol–water partition coefficient (Wildman–Crippen LogP) is 0.744. The van der Waals surface area contributed by atoms with Gasteiger partial charge in [-0.1, -0.05) is 0 Å². The quantitative estimate of drug-likeness (QED) is 0.539. The molecule has 3 nitrogen and oxygen atoms in total. The molecule has 0 aliphatic heterocycles. The van der Waals surface area contributed by atoms with Crippen LogP contribution in [0.15, 0.2) is 0 Å². The van der Waals surface area contributed by atoms with Gasteiger partial charge >= 0.3 is 0 Å². The van der Waals surface area contributed by atoms with Crippen molar-refractivity contribution >= 4 is 0 Å². The summed E-state index contributed by atoms with van der Waals surface area (Å²) in [5.41, 5.74) is 0. The van der Waals surface area contributed by atoms with Gasteiger partial charge in [0.25, 0.3) is 0 Å². The largest absolute Gasteiger partial charge is 0.290 e. The highest BCUT2D eigenvalue weighted by atomic mass is 15.1. The summed E-state index contributed by atoms with van der Waals surface area (Å²) in [4.78, 5) is 1.85. The summed E-state index contributed by atoms with van der Waals surface area (Å²) < 4.78 is 0. The molecular formula is C7H11N3. The molecule has 0 bridgehead atoms. The first-order valence-electron chi connectivity index (χ1n) is 3.16. The maximum Gasteiger partial charge on any atom is 0.0866 e. The molecule has 0 aliphatic rings. The lowest BCUT2D eigenvalue weighted by Gasteiger charge is -2.18. The van der Waals surface area contributed by atoms with Crippen LogP contribution in [-0.2, 0) is 0 Å². The van der Waals surface area contributed by atoms with E-state index in [4.69, 9.17) is 10.5 Å². The average molecular weight is 137 g/mol. The second kappa shape index (κ2) is 4.78. The second-order valence-electron chi connectivity index (χ2n) is 2.28. The van der Waals surface area contributed by atoms with Gasteiger partial charge < -0.3 is 0 Å². The normalized spacial score (nSPS) is 12.1. The van der Waals surface area contributed by atoms with Crippen molar-refractivity contribution < 1.29 is 0 Å². The lowest BCUT2D eigenvalue weighted by atomic mass is 10.2. The van der Waals surface area contributed by atoms with Gasteiger partial charge in [0.1, 0.15) is 0 Å². The van der Waals surface area contributed by atoms with Crippen LogP contribution in [0.3, 0.4) is 0 Å². The van der Waals surface area contributed by atoms with E-state index >= 15 is 0 Å². The van der Waals surface area contributed by atoms with E-state index in [2.05, 4.69) is 6.07 Å². The van der Waals surface area contributed by atoms with Crippen molar-refractivity contribution in [2.24, 2.45) is 0 Å². The van der Waals surface area contributed by atoms with Crippen LogP contribution in [0.25, 0.3) is 0 Å². The maximum atomic E-state index is 8.29. The molecule has 0 aromatic carbocycles. The molecule has 10 heavy (non-hydrogen) atoms. The molecule has 0 heterocycles. The van der Waals surface area contributed by atoms with Crippen molar-refractivity contribution in [1.29, 1.82) is 10.5 Å². The van der Waals surface area contributed by atoms with Crippen LogP contribution in [0.4, 0.5) is 0 Å². The van der Waals surface area contributed by atoms with E-state index in [-0.39, 0.29) is 6.04 Å². The van der Waals surface area contributed by atoms with Crippen LogP contribution in [0.5, 0.6) is 0 Å². The molecule has 0 N–H and O–H groups in total. The Balaban J connectivity index is 3.63. The second-order valence-corrected chi connectivity index (χ2v) is 2.28. The molecule has 1 unspecified atom stereocenters. The zero-order chi connectivity index (χ0) is 7.98. The van der Waals surface area contributed by atoms with Gasteiger partial charge in [-0.05, 0) is 14.0 Å². The van der Waals surface area contributed by atoms with Crippen LogP contribution in [-0.4, -0.2) is 24.5 Å². The van der Waals surface area contributed by atoms with Crippen LogP contribution < -0.4 is 0 Å². The highest BCUT2D eigenvalue weighted by molar-refractivity contribution is 4.83. The molecule has 0 spiro atoms. The summed E-state index contributed by atoms with van der Waals surface area (Å²) >= 11 is 0. The number of rotatable bonds is 3. The molecule has 0 radical (unpaired) electrons. The van der Waals surface area contributed by atoms with E-state index < -0.39 is 0 Å². The first-order chi connectivity index (χ1) is 4.72. The highest BCUT2D eigenvalue weighted by Gasteiger charge is 2.06. The summed E-state index contributed by atoms with van der Waals surface area (Å²) in [5, 5.41) is 16.6. The van der Waals surface area contributed by atoms with E-state index in [9.17, 15) is 0 Å². The van der Waals surface area contributed by atoms with Gasteiger partial charge in [0.2, 0.25) is 0 Å². The van der Waals surface area contributed by atoms with Gasteiger partial charge in [-0.2, -0.15) is 10.5 Å². The molecule has 0 rings (SSSR count). The van der Waals surface area contributed by atoms with Crippen LogP contribution in [0.1, 0.15) is 13.3 Å². The summed E-state index contributed by atoms with van der Waals surface area (Å²) in [7, 11) is 1.84. The monoisotopic (exact) mass is 137 g/mol. The summed E-state index contributed by atoms with van der Waals surface area (Å²) in [6.45, 7) is 2.32. The molecule has 0 fully saturated rings. The average Bonchev–Trinajstić information content (AvgIpc) is 1.89. The van der Waals surface area contributed by atoms with E-state index in [1.54, 1.807) is 0 Å². The predicted molar refractivity (Wildman–Crippen MR) is 37.9 cm³/mol. The van der Waals surface area contributed by atoms with Crippen LogP contribution in [0, 0.1) is 22.7 Å². The van der Waals surface area contributed by atoms with Crippen molar-refractivity contribution in [3.63, 3.8) is 0 Å². The number of hydrogen-bond acceptors (Lipinski definition) is 3. The van der Waals surface area contributed by atoms with E-state index in [0.29, 0.717) is 13.0 Å². The smallest absolute Gasteiger partial charge is 0.0866 e. The van der Waals surface area contributed by atoms with Crippen molar-refractivity contribution in [3.05, 3.63) is 0 Å². The van der Waals surface area contributed by atoms with Gasteiger partial charge in [0.15, 0.2) is 0 Å². The van der Waals surface area contributed by atoms with Gasteiger partial charge in [-0.3, -0.25) is 4.90 Å². The lowest BCUT2D eigenvalue weighted by Crippen LogP contribution is -2.28. The zero-order valence-corrected chi connectivity index (χ0v) is 6.33. The minimum atomic E-state index is 0.185. The summed E-state index contributed by atoms with van der Waals surface area (Å²) in [6, 6.07) is 4.26. The van der Waals surface area contributed by atoms with Gasteiger partial charge in [-0.25, -0.2) is 0 Å². The molecule has 0 saturated heterocycles. The van der Waals surface area contributed by atoms with Gasteiger partial charge in [0, 0.05) is 6.04 Å². The first kappa shape index (κ1) is 8.94. The zero-order valence-electron chi connectivity index (χ0n) is 6.33. The number of nitrogens with zero attached hydrogens (tertiary/aromatic N) is 3. The Kier molecular flexibility index (Phi) is 4.28. The van der Waals surface area contributed by atoms with E-state index in [1.807, 2.05) is 24.9 Å². The maximum absolute atomic E-state index is 8.29. The fourth-order valence-corrected chi connectivity index (χ4v) is 0.555. The Morgan fingerprint density at radius 1 is 1.40 bits per heavy atom. The molecule has 0 saturated carbocycles. The Bertz CT molecular complexity index is 143. The minimum absolute atomic E-state index is 0.185. The van der Waals surface area contributed by atoms with Gasteiger partial charge in [-0.15, -0.1) is 0 Å². The molecule has 0 aromatic rings. The van der Waals surface area contributed by atoms with Crippen molar-refractivity contribution in [3.8, 4) is 12.1 Å². The topological polar surface area (TPSA) is 50.8 Å². The molecule has 1 atom stereocenters. The fraction of sp³-hybridized carbons (Fsp3) is 0.714. The molecule has 3 heteroatoms. The third kappa shape index (κ3) is 3.06. The first-order valence-corrected chi connectivity index (χ1v) is 3.16. The fourth-order valence-electron chi connectivity index (χ4n) is 0.555. The Morgan fingerprint density at radius 3 is 2.40 bits per heavy atom. The molecule has 0 aliphatic carbocycles. The highest BCUT2D eigenvalue weighted by Crippen LogP contribution is 1.97. The summed E-state index contributed by atoms with van der Waals surface area (Å²) in [6.07, 6.45) is 0.484. The van der Waals surface area contributed by atoms with Crippen molar-refractivity contribution in [1.82, 2.24) is 4.90 Å². The molecular weight excluding hydrogens is 126 g/mol. The number of nitriles is 2. The van der Waals surface area contributed by atoms with Crippen molar-refractivity contribution in [2.75, 3.05) is 13.6 Å². The minimum Gasteiger partial charge on any atom is -0.290 e. The summed E-state index contributed by atoms with van der Waals surface area (Å²) in [5.74, 6) is 0. The van der Waals surface area contributed by atoms with Crippen molar-refractivity contribution in [2.45, 2.75) is 19.4 Å². The third-order valence-electron chi connectivity index (χ3n) is 1.46. The lowest BCUT2D eigenvalue weighted by molar-refractivity contribution is 0.291. The van der Waals surface area contributed by atoms with Crippen LogP contribution in [0.2, 0.25) is 0 Å². The standard InChI is InChI=1S/C7H11N3/c1-7(3-4-8)10(2)6-5-9/h7H,3,6H2,1-2H3. The Hall–Kier alpha value is -1.06. The van der Waals surface area contributed by atoms with E-state index in [0.717, 1.165) is 0 Å². The molecule has 0 aromatic heterocycles. The van der Waals surface area contributed by atoms with Crippen LogP contribution >= 0.6 is 0 Å². The molecule has 54 valence electrons. The Morgan fingerprint density at radius 2 is 2.00 bits per heavy atom. The Labute approximate surface area is 61.5 Å². The SMILES string of the molecule is CC(CC#N)N(C)CC#N. The van der Waals surface area contributed by atoms with Gasteiger partial charge in [0.05, 0.1) is 25.1 Å². The molecule has 0 amide bonds. The third-order valence-corrected chi connectivity index (χ3v) is 1.46. The van der Waals surface area contributed by atoms with E-state index in [1.165, 1.54) is 0 Å². The number of hydrogen-bond donors (Lipinski definition) is 0.